The molecular weight excluding hydrogens is 424 g/mol. The van der Waals surface area contributed by atoms with E-state index in [4.69, 9.17) is 16.1 Å². The maximum atomic E-state index is 13.3. The minimum atomic E-state index is -0.287. The third-order valence-electron chi connectivity index (χ3n) is 4.29. The van der Waals surface area contributed by atoms with Gasteiger partial charge in [0, 0.05) is 11.1 Å². The first-order valence-corrected chi connectivity index (χ1v) is 10.4. The molecule has 0 radical (unpaired) electrons. The summed E-state index contributed by atoms with van der Waals surface area (Å²) < 4.78 is 6.46. The molecule has 0 fully saturated rings. The lowest BCUT2D eigenvalue weighted by molar-refractivity contribution is -0.113. The second-order valence-electron chi connectivity index (χ2n) is 6.70. The Labute approximate surface area is 181 Å². The highest BCUT2D eigenvalue weighted by molar-refractivity contribution is 7.99. The molecule has 0 unspecified atom stereocenters. The van der Waals surface area contributed by atoms with Crippen molar-refractivity contribution in [1.82, 2.24) is 14.7 Å². The molecule has 4 aromatic rings. The number of nitrogens with one attached hydrogen (secondary N) is 1. The number of halogens is 1. The van der Waals surface area contributed by atoms with E-state index in [0.717, 1.165) is 17.3 Å². The number of hydrogen-bond donors (Lipinski definition) is 1. The molecule has 1 N–H and O–H groups in total. The number of thioether (sulfide) groups is 1. The van der Waals surface area contributed by atoms with Crippen LogP contribution in [-0.2, 0) is 4.79 Å². The van der Waals surface area contributed by atoms with Gasteiger partial charge in [-0.2, -0.15) is 0 Å². The van der Waals surface area contributed by atoms with E-state index in [1.54, 1.807) is 31.2 Å². The van der Waals surface area contributed by atoms with Gasteiger partial charge in [-0.1, -0.05) is 40.7 Å². The van der Waals surface area contributed by atoms with Crippen LogP contribution in [0.25, 0.3) is 16.6 Å². The number of fused-ring (bicyclic) bond motifs is 1. The maximum absolute atomic E-state index is 13.3. The van der Waals surface area contributed by atoms with E-state index in [9.17, 15) is 9.59 Å². The van der Waals surface area contributed by atoms with Crippen LogP contribution in [0.15, 0.2) is 63.0 Å². The Bertz CT molecular complexity index is 1320. The van der Waals surface area contributed by atoms with Crippen molar-refractivity contribution >= 4 is 46.0 Å². The van der Waals surface area contributed by atoms with Gasteiger partial charge in [0.25, 0.3) is 5.56 Å². The molecule has 2 heterocycles. The molecule has 0 aliphatic rings. The van der Waals surface area contributed by atoms with E-state index < -0.39 is 0 Å². The fourth-order valence-corrected chi connectivity index (χ4v) is 3.94. The Morgan fingerprint density at radius 2 is 2.03 bits per heavy atom. The molecule has 0 saturated carbocycles. The molecule has 0 saturated heterocycles. The molecule has 4 rings (SSSR count). The lowest BCUT2D eigenvalue weighted by atomic mass is 10.2. The first-order valence-electron chi connectivity index (χ1n) is 9.06. The summed E-state index contributed by atoms with van der Waals surface area (Å²) in [6, 6.07) is 14.1. The van der Waals surface area contributed by atoms with Crippen LogP contribution < -0.4 is 10.9 Å². The Morgan fingerprint density at radius 3 is 2.77 bits per heavy atom. The third-order valence-corrected chi connectivity index (χ3v) is 5.46. The summed E-state index contributed by atoms with van der Waals surface area (Å²) in [7, 11) is 0. The zero-order valence-electron chi connectivity index (χ0n) is 16.2. The molecule has 0 spiro atoms. The molecule has 0 bridgehead atoms. The second kappa shape index (κ2) is 8.33. The van der Waals surface area contributed by atoms with E-state index in [1.165, 1.54) is 4.57 Å². The van der Waals surface area contributed by atoms with Crippen LogP contribution in [0.4, 0.5) is 5.82 Å². The van der Waals surface area contributed by atoms with Gasteiger partial charge in [0.1, 0.15) is 5.76 Å². The largest absolute Gasteiger partial charge is 0.360 e. The minimum Gasteiger partial charge on any atom is -0.360 e. The average molecular weight is 441 g/mol. The van der Waals surface area contributed by atoms with Crippen LogP contribution in [-0.4, -0.2) is 26.4 Å². The summed E-state index contributed by atoms with van der Waals surface area (Å²) >= 11 is 7.24. The zero-order valence-corrected chi connectivity index (χ0v) is 17.8. The van der Waals surface area contributed by atoms with Gasteiger partial charge in [0.2, 0.25) is 5.91 Å². The van der Waals surface area contributed by atoms with Crippen LogP contribution in [0, 0.1) is 13.8 Å². The van der Waals surface area contributed by atoms with Crippen LogP contribution in [0.5, 0.6) is 0 Å². The van der Waals surface area contributed by atoms with Gasteiger partial charge in [-0.05, 0) is 49.7 Å². The normalized spacial score (nSPS) is 11.0. The predicted molar refractivity (Wildman–Crippen MR) is 118 cm³/mol. The van der Waals surface area contributed by atoms with Gasteiger partial charge in [-0.3, -0.25) is 14.2 Å². The molecule has 152 valence electrons. The summed E-state index contributed by atoms with van der Waals surface area (Å²) in [6.45, 7) is 3.69. The quantitative estimate of drug-likeness (QED) is 0.366. The summed E-state index contributed by atoms with van der Waals surface area (Å²) in [4.78, 5) is 30.2. The average Bonchev–Trinajstić information content (AvgIpc) is 3.10. The highest BCUT2D eigenvalue weighted by Crippen LogP contribution is 2.23. The molecule has 2 aromatic carbocycles. The Morgan fingerprint density at radius 1 is 1.20 bits per heavy atom. The van der Waals surface area contributed by atoms with Crippen molar-refractivity contribution in [3.05, 3.63) is 75.2 Å². The number of hydrogen-bond acceptors (Lipinski definition) is 6. The number of amides is 1. The van der Waals surface area contributed by atoms with Crippen molar-refractivity contribution in [2.75, 3.05) is 11.1 Å². The third kappa shape index (κ3) is 4.24. The SMILES string of the molecule is Cc1cccc(-n2c(SCC(=O)Nc3cc(C)on3)nc3cc(Cl)ccc3c2=O)c1. The molecule has 1 amide bonds. The number of benzene rings is 2. The van der Waals surface area contributed by atoms with E-state index >= 15 is 0 Å². The van der Waals surface area contributed by atoms with Gasteiger partial charge >= 0.3 is 0 Å². The first kappa shape index (κ1) is 20.2. The van der Waals surface area contributed by atoms with Gasteiger partial charge in [0.15, 0.2) is 11.0 Å². The Hall–Kier alpha value is -3.10. The summed E-state index contributed by atoms with van der Waals surface area (Å²) in [5, 5.41) is 7.74. The van der Waals surface area contributed by atoms with Crippen molar-refractivity contribution in [3.63, 3.8) is 0 Å². The smallest absolute Gasteiger partial charge is 0.266 e. The van der Waals surface area contributed by atoms with Crippen molar-refractivity contribution in [1.29, 1.82) is 0 Å². The fraction of sp³-hybridized carbons (Fsp3) is 0.143. The summed E-state index contributed by atoms with van der Waals surface area (Å²) in [5.74, 6) is 0.687. The van der Waals surface area contributed by atoms with Crippen LogP contribution in [0.2, 0.25) is 5.02 Å². The van der Waals surface area contributed by atoms with E-state index in [1.807, 2.05) is 31.2 Å². The number of anilines is 1. The summed E-state index contributed by atoms with van der Waals surface area (Å²) in [6.07, 6.45) is 0. The van der Waals surface area contributed by atoms with Crippen molar-refractivity contribution in [3.8, 4) is 5.69 Å². The fourth-order valence-electron chi connectivity index (χ4n) is 2.96. The predicted octanol–water partition coefficient (Wildman–Crippen LogP) is 4.37. The highest BCUT2D eigenvalue weighted by atomic mass is 35.5. The lowest BCUT2D eigenvalue weighted by Crippen LogP contribution is -2.23. The zero-order chi connectivity index (χ0) is 21.3. The first-order chi connectivity index (χ1) is 14.4. The molecule has 0 aliphatic carbocycles. The van der Waals surface area contributed by atoms with E-state index in [2.05, 4.69) is 15.5 Å². The number of aryl methyl sites for hydroxylation is 2. The minimum absolute atomic E-state index is 0.0379. The van der Waals surface area contributed by atoms with Gasteiger partial charge in [-0.15, -0.1) is 0 Å². The van der Waals surface area contributed by atoms with Crippen molar-refractivity contribution in [2.24, 2.45) is 0 Å². The van der Waals surface area contributed by atoms with Gasteiger partial charge in [-0.25, -0.2) is 4.98 Å². The van der Waals surface area contributed by atoms with E-state index in [-0.39, 0.29) is 17.2 Å². The second-order valence-corrected chi connectivity index (χ2v) is 8.07. The molecule has 0 atom stereocenters. The topological polar surface area (TPSA) is 90.0 Å². The maximum Gasteiger partial charge on any atom is 0.266 e. The number of nitrogens with zero attached hydrogens (tertiary/aromatic N) is 3. The molecule has 0 aliphatic heterocycles. The Balaban J connectivity index is 1.72. The molecule has 30 heavy (non-hydrogen) atoms. The lowest BCUT2D eigenvalue weighted by Gasteiger charge is -2.13. The van der Waals surface area contributed by atoms with E-state index in [0.29, 0.717) is 38.3 Å². The number of rotatable bonds is 5. The number of aromatic nitrogens is 3. The number of carbonyl (C=O) groups excluding carboxylic acids is 1. The van der Waals surface area contributed by atoms with Gasteiger partial charge in [0.05, 0.1) is 22.3 Å². The van der Waals surface area contributed by atoms with Crippen LogP contribution >= 0.6 is 23.4 Å². The monoisotopic (exact) mass is 440 g/mol. The van der Waals surface area contributed by atoms with Crippen molar-refractivity contribution < 1.29 is 9.32 Å². The van der Waals surface area contributed by atoms with Crippen LogP contribution in [0.1, 0.15) is 11.3 Å². The van der Waals surface area contributed by atoms with Crippen LogP contribution in [0.3, 0.4) is 0 Å². The highest BCUT2D eigenvalue weighted by Gasteiger charge is 2.16. The standard InChI is InChI=1S/C21H17ClN4O3S/c1-12-4-3-5-15(8-12)26-20(28)16-7-6-14(22)10-17(16)23-21(26)30-11-19(27)24-18-9-13(2)29-25-18/h3-10H,11H2,1-2H3,(H,24,25,27). The molecular formula is C21H17ClN4O3S. The summed E-state index contributed by atoms with van der Waals surface area (Å²) in [5.41, 5.74) is 1.94. The molecule has 2 aromatic heterocycles. The van der Waals surface area contributed by atoms with Gasteiger partial charge < -0.3 is 9.84 Å². The molecule has 9 heteroatoms. The Kier molecular flexibility index (Phi) is 5.61. The van der Waals surface area contributed by atoms with Crippen molar-refractivity contribution in [2.45, 2.75) is 19.0 Å². The molecule has 7 nitrogen and oxygen atoms in total. The number of carbonyl (C=O) groups is 1.